The second-order valence-electron chi connectivity index (χ2n) is 9.65. The molecule has 0 amide bonds. The van der Waals surface area contributed by atoms with Gasteiger partial charge in [0.1, 0.15) is 64.0 Å². The molecule has 2 aliphatic heterocycles. The predicted octanol–water partition coefficient (Wildman–Crippen LogP) is -1.49. The van der Waals surface area contributed by atoms with E-state index in [1.54, 1.807) is 0 Å². The maximum absolute atomic E-state index is 12.8. The molecule has 3 heterocycles. The van der Waals surface area contributed by atoms with Gasteiger partial charge in [0, 0.05) is 23.8 Å². The summed E-state index contributed by atoms with van der Waals surface area (Å²) in [7, 11) is 0. The molecule has 8 N–H and O–H groups in total. The highest BCUT2D eigenvalue weighted by atomic mass is 16.8. The molecule has 0 spiro atoms. The van der Waals surface area contributed by atoms with E-state index in [9.17, 15) is 45.6 Å². The molecule has 0 radical (unpaired) electrons. The van der Waals surface area contributed by atoms with Crippen molar-refractivity contribution in [2.24, 2.45) is 0 Å². The molecule has 8 atom stereocenters. The van der Waals surface area contributed by atoms with Gasteiger partial charge in [-0.2, -0.15) is 0 Å². The Morgan fingerprint density at radius 1 is 0.975 bits per heavy atom. The first-order chi connectivity index (χ1) is 19.0. The van der Waals surface area contributed by atoms with E-state index >= 15 is 0 Å². The third-order valence-corrected chi connectivity index (χ3v) is 6.88. The van der Waals surface area contributed by atoms with Crippen molar-refractivity contribution in [3.63, 3.8) is 0 Å². The summed E-state index contributed by atoms with van der Waals surface area (Å²) in [5.74, 6) is -0.496. The molecule has 2 fully saturated rings. The fourth-order valence-electron chi connectivity index (χ4n) is 4.57. The number of hydrogen-bond donors (Lipinski definition) is 8. The van der Waals surface area contributed by atoms with Crippen LogP contribution in [0.5, 0.6) is 17.2 Å². The number of hydrogen-bond acceptors (Lipinski definition) is 14. The molecule has 5 rings (SSSR count). The van der Waals surface area contributed by atoms with Crippen molar-refractivity contribution >= 4 is 11.0 Å². The van der Waals surface area contributed by atoms with Gasteiger partial charge in [0.2, 0.25) is 6.29 Å². The lowest BCUT2D eigenvalue weighted by Crippen LogP contribution is -2.62. The highest BCUT2D eigenvalue weighted by molar-refractivity contribution is 5.86. The Balaban J connectivity index is 1.47. The van der Waals surface area contributed by atoms with Gasteiger partial charge in [-0.3, -0.25) is 4.79 Å². The van der Waals surface area contributed by atoms with Gasteiger partial charge in [-0.05, 0) is 24.3 Å². The maximum Gasteiger partial charge on any atom is 0.229 e. The lowest BCUT2D eigenvalue weighted by molar-refractivity contribution is -0.318. The number of aliphatic hydroxyl groups excluding tert-OH is 5. The maximum atomic E-state index is 12.8. The summed E-state index contributed by atoms with van der Waals surface area (Å²) in [6, 6.07) is 9.37. The highest BCUT2D eigenvalue weighted by Gasteiger charge is 2.53. The molecule has 2 saturated heterocycles. The van der Waals surface area contributed by atoms with E-state index in [1.165, 1.54) is 36.4 Å². The van der Waals surface area contributed by atoms with Crippen LogP contribution in [0.2, 0.25) is 0 Å². The van der Waals surface area contributed by atoms with Crippen molar-refractivity contribution in [3.8, 4) is 28.6 Å². The normalized spacial score (nSPS) is 32.4. The fraction of sp³-hybridized carbons (Fsp3) is 0.423. The van der Waals surface area contributed by atoms with E-state index in [1.807, 2.05) is 0 Å². The first-order valence-electron chi connectivity index (χ1n) is 12.2. The standard InChI is InChI=1S/C26H28O14/c27-8-18-20(32)21(33)22(40-25-23(34)26(35,9-28)10-36-25)24(39-18)37-13-5-14(30)19-15(31)7-16(38-17(19)6-13)11-1-3-12(29)4-2-11/h1-7,18,20-25,27-30,32-35H,8-10H2/t18-,20+,21+,22-,23-,24+,25+,26-/m0/s1. The van der Waals surface area contributed by atoms with E-state index in [-0.39, 0.29) is 28.2 Å². The molecular weight excluding hydrogens is 536 g/mol. The number of fused-ring (bicyclic) bond motifs is 1. The second kappa shape index (κ2) is 10.9. The minimum absolute atomic E-state index is 0.00882. The van der Waals surface area contributed by atoms with Crippen LogP contribution in [0.4, 0.5) is 0 Å². The minimum Gasteiger partial charge on any atom is -0.508 e. The molecule has 1 aromatic heterocycles. The lowest BCUT2D eigenvalue weighted by Gasteiger charge is -2.42. The smallest absolute Gasteiger partial charge is 0.229 e. The SMILES string of the molecule is O=c1cc(-c2ccc(O)cc2)oc2cc(O[C@@H]3O[C@@H](CO)[C@@H](O)[C@@H](O)[C@@H]3O[C@H]3OC[C@@](O)(CO)[C@H]3O)cc(O)c12. The van der Waals surface area contributed by atoms with Crippen LogP contribution < -0.4 is 10.2 Å². The molecule has 14 heteroatoms. The Morgan fingerprint density at radius 2 is 1.70 bits per heavy atom. The Kier molecular flexibility index (Phi) is 7.71. The van der Waals surface area contributed by atoms with Gasteiger partial charge in [-0.15, -0.1) is 0 Å². The largest absolute Gasteiger partial charge is 0.508 e. The molecule has 14 nitrogen and oxygen atoms in total. The molecule has 40 heavy (non-hydrogen) atoms. The van der Waals surface area contributed by atoms with Crippen molar-refractivity contribution in [1.29, 1.82) is 0 Å². The van der Waals surface area contributed by atoms with Crippen molar-refractivity contribution < 1.29 is 64.2 Å². The molecule has 0 aliphatic carbocycles. The number of phenols is 2. The fourth-order valence-corrected chi connectivity index (χ4v) is 4.57. The van der Waals surface area contributed by atoms with Gasteiger partial charge >= 0.3 is 0 Å². The average Bonchev–Trinajstić information content (AvgIpc) is 3.21. The Hall–Kier alpha value is -3.31. The molecule has 3 aromatic rings. The van der Waals surface area contributed by atoms with Crippen molar-refractivity contribution in [2.45, 2.75) is 48.7 Å². The number of rotatable bonds is 7. The second-order valence-corrected chi connectivity index (χ2v) is 9.65. The van der Waals surface area contributed by atoms with E-state index in [2.05, 4.69) is 0 Å². The van der Waals surface area contributed by atoms with Crippen LogP contribution >= 0.6 is 0 Å². The first-order valence-corrected chi connectivity index (χ1v) is 12.2. The summed E-state index contributed by atoms with van der Waals surface area (Å²) in [6.07, 6.45) is -11.2. The molecule has 2 aromatic carbocycles. The molecule has 216 valence electrons. The van der Waals surface area contributed by atoms with Gasteiger partial charge in [0.05, 0.1) is 19.8 Å². The van der Waals surface area contributed by atoms with E-state index < -0.39 is 79.7 Å². The highest BCUT2D eigenvalue weighted by Crippen LogP contribution is 2.35. The summed E-state index contributed by atoms with van der Waals surface area (Å²) in [5.41, 5.74) is -2.22. The average molecular weight is 564 g/mol. The van der Waals surface area contributed by atoms with Crippen LogP contribution in [0.15, 0.2) is 51.7 Å². The van der Waals surface area contributed by atoms with Crippen LogP contribution in [0.1, 0.15) is 0 Å². The zero-order chi connectivity index (χ0) is 28.8. The van der Waals surface area contributed by atoms with E-state index in [4.69, 9.17) is 23.4 Å². The van der Waals surface area contributed by atoms with Gasteiger partial charge in [-0.1, -0.05) is 0 Å². The van der Waals surface area contributed by atoms with Crippen LogP contribution in [-0.4, -0.2) is 109 Å². The number of aliphatic hydroxyl groups is 6. The van der Waals surface area contributed by atoms with Crippen molar-refractivity contribution in [3.05, 3.63) is 52.7 Å². The number of phenolic OH excluding ortho intramolecular Hbond substituents is 2. The number of aromatic hydroxyl groups is 2. The van der Waals surface area contributed by atoms with Gasteiger partial charge < -0.3 is 64.2 Å². The van der Waals surface area contributed by atoms with E-state index in [0.29, 0.717) is 5.56 Å². The minimum atomic E-state index is -2.04. The topological polar surface area (TPSA) is 229 Å². The Labute approximate surface area is 225 Å². The lowest BCUT2D eigenvalue weighted by atomic mass is 9.98. The summed E-state index contributed by atoms with van der Waals surface area (Å²) in [6.45, 7) is -2.06. The Morgan fingerprint density at radius 3 is 2.35 bits per heavy atom. The molecule has 0 unspecified atom stereocenters. The zero-order valence-corrected chi connectivity index (χ0v) is 20.7. The third-order valence-electron chi connectivity index (χ3n) is 6.88. The number of benzene rings is 2. The summed E-state index contributed by atoms with van der Waals surface area (Å²) >= 11 is 0. The monoisotopic (exact) mass is 564 g/mol. The van der Waals surface area contributed by atoms with Gasteiger partial charge in [0.15, 0.2) is 17.8 Å². The van der Waals surface area contributed by atoms with Crippen LogP contribution in [0.25, 0.3) is 22.3 Å². The first kappa shape index (κ1) is 28.2. The van der Waals surface area contributed by atoms with Crippen LogP contribution in [0, 0.1) is 0 Å². The molecule has 2 aliphatic rings. The zero-order valence-electron chi connectivity index (χ0n) is 20.7. The van der Waals surface area contributed by atoms with Gasteiger partial charge in [0.25, 0.3) is 0 Å². The molecular formula is C26H28O14. The quantitative estimate of drug-likeness (QED) is 0.164. The van der Waals surface area contributed by atoms with Crippen LogP contribution in [-0.2, 0) is 14.2 Å². The third kappa shape index (κ3) is 5.12. The summed E-state index contributed by atoms with van der Waals surface area (Å²) < 4.78 is 28.0. The predicted molar refractivity (Wildman–Crippen MR) is 132 cm³/mol. The Bertz CT molecular complexity index is 1410. The van der Waals surface area contributed by atoms with E-state index in [0.717, 1.165) is 6.07 Å². The number of ether oxygens (including phenoxy) is 4. The summed E-state index contributed by atoms with van der Waals surface area (Å²) in [4.78, 5) is 12.8. The van der Waals surface area contributed by atoms with Crippen molar-refractivity contribution in [2.75, 3.05) is 19.8 Å². The van der Waals surface area contributed by atoms with Crippen molar-refractivity contribution in [1.82, 2.24) is 0 Å². The molecule has 0 bridgehead atoms. The molecule has 0 saturated carbocycles. The van der Waals surface area contributed by atoms with Crippen LogP contribution in [0.3, 0.4) is 0 Å². The van der Waals surface area contributed by atoms with Gasteiger partial charge in [-0.25, -0.2) is 0 Å². The summed E-state index contributed by atoms with van der Waals surface area (Å²) in [5, 5.41) is 80.7.